The van der Waals surface area contributed by atoms with Crippen LogP contribution in [0.25, 0.3) is 0 Å². The van der Waals surface area contributed by atoms with Gasteiger partial charge in [0.25, 0.3) is 0 Å². The molecule has 0 bridgehead atoms. The molecule has 0 aliphatic heterocycles. The van der Waals surface area contributed by atoms with E-state index in [-0.39, 0.29) is 17.6 Å². The highest BCUT2D eigenvalue weighted by atomic mass is 16.4. The van der Waals surface area contributed by atoms with E-state index in [0.29, 0.717) is 6.42 Å². The van der Waals surface area contributed by atoms with Gasteiger partial charge in [-0.15, -0.1) is 0 Å². The van der Waals surface area contributed by atoms with Gasteiger partial charge < -0.3 is 9.90 Å². The zero-order chi connectivity index (χ0) is 8.43. The molecule has 62 valence electrons. The lowest BCUT2D eigenvalue weighted by molar-refractivity contribution is -0.139. The summed E-state index contributed by atoms with van der Waals surface area (Å²) in [6.07, 6.45) is 2.06. The zero-order valence-corrected chi connectivity index (χ0v) is 6.54. The first kappa shape index (κ1) is 8.24. The Balaban J connectivity index is 2.14. The second-order valence-corrected chi connectivity index (χ2v) is 3.18. The Morgan fingerprint density at radius 2 is 2.18 bits per heavy atom. The maximum absolute atomic E-state index is 10.5. The van der Waals surface area contributed by atoms with Crippen LogP contribution < -0.4 is 0 Å². The number of rotatable bonds is 4. The second kappa shape index (κ2) is 3.03. The normalized spacial score (nSPS) is 28.1. The Labute approximate surface area is 65.4 Å². The number of Topliss-reactive ketones (excluding diaryl/α,β-unsaturated/α-hetero) is 1. The molecule has 3 nitrogen and oxygen atoms in total. The minimum atomic E-state index is -0.710. The maximum Gasteiger partial charge on any atom is 0.306 e. The third kappa shape index (κ3) is 2.33. The highest BCUT2D eigenvalue weighted by molar-refractivity contribution is 5.76. The molecule has 0 radical (unpaired) electrons. The van der Waals surface area contributed by atoms with Crippen molar-refractivity contribution in [2.45, 2.75) is 26.2 Å². The molecule has 0 aromatic rings. The van der Waals surface area contributed by atoms with Crippen molar-refractivity contribution >= 4 is 11.8 Å². The standard InChI is InChI=1S/C8H12O3/c1-5(9)2-3-6-4-7(6)8(10)11/h6-7H,2-4H2,1H3,(H,10,11)/t6-,7+/m0/s1. The van der Waals surface area contributed by atoms with Gasteiger partial charge in [-0.1, -0.05) is 0 Å². The first-order valence-corrected chi connectivity index (χ1v) is 3.83. The van der Waals surface area contributed by atoms with Crippen molar-refractivity contribution in [3.63, 3.8) is 0 Å². The Bertz CT molecular complexity index is 186. The fourth-order valence-corrected chi connectivity index (χ4v) is 1.26. The Morgan fingerprint density at radius 1 is 1.55 bits per heavy atom. The summed E-state index contributed by atoms with van der Waals surface area (Å²) in [6.45, 7) is 1.54. The number of ketones is 1. The van der Waals surface area contributed by atoms with Gasteiger partial charge in [-0.3, -0.25) is 4.79 Å². The van der Waals surface area contributed by atoms with Crippen molar-refractivity contribution < 1.29 is 14.7 Å². The summed E-state index contributed by atoms with van der Waals surface area (Å²) < 4.78 is 0. The third-order valence-corrected chi connectivity index (χ3v) is 2.11. The second-order valence-electron chi connectivity index (χ2n) is 3.18. The van der Waals surface area contributed by atoms with Crippen LogP contribution in [0.3, 0.4) is 0 Å². The average molecular weight is 156 g/mol. The first-order valence-electron chi connectivity index (χ1n) is 3.83. The van der Waals surface area contributed by atoms with Crippen LogP contribution in [0.4, 0.5) is 0 Å². The topological polar surface area (TPSA) is 54.4 Å². The van der Waals surface area contributed by atoms with Gasteiger partial charge >= 0.3 is 5.97 Å². The molecule has 1 aliphatic carbocycles. The van der Waals surface area contributed by atoms with E-state index in [1.165, 1.54) is 6.92 Å². The van der Waals surface area contributed by atoms with Gasteiger partial charge in [0.15, 0.2) is 0 Å². The number of hydrogen-bond donors (Lipinski definition) is 1. The summed E-state index contributed by atoms with van der Waals surface area (Å²) in [5.74, 6) is -0.439. The first-order chi connectivity index (χ1) is 5.11. The van der Waals surface area contributed by atoms with Crippen molar-refractivity contribution in [1.29, 1.82) is 0 Å². The minimum absolute atomic E-state index is 0.154. The van der Waals surface area contributed by atoms with Gasteiger partial charge in [0.05, 0.1) is 5.92 Å². The maximum atomic E-state index is 10.5. The monoisotopic (exact) mass is 156 g/mol. The lowest BCUT2D eigenvalue weighted by Gasteiger charge is -1.92. The molecule has 0 aromatic carbocycles. The van der Waals surface area contributed by atoms with E-state index in [0.717, 1.165) is 12.8 Å². The van der Waals surface area contributed by atoms with E-state index in [9.17, 15) is 9.59 Å². The molecule has 1 aliphatic rings. The van der Waals surface area contributed by atoms with Crippen LogP contribution in [-0.4, -0.2) is 16.9 Å². The number of hydrogen-bond acceptors (Lipinski definition) is 2. The number of aliphatic carboxylic acids is 1. The van der Waals surface area contributed by atoms with Gasteiger partial charge in [0, 0.05) is 6.42 Å². The van der Waals surface area contributed by atoms with E-state index in [2.05, 4.69) is 0 Å². The fourth-order valence-electron chi connectivity index (χ4n) is 1.26. The van der Waals surface area contributed by atoms with Gasteiger partial charge in [0.1, 0.15) is 5.78 Å². The van der Waals surface area contributed by atoms with E-state index < -0.39 is 5.97 Å². The molecular formula is C8H12O3. The van der Waals surface area contributed by atoms with Gasteiger partial charge in [-0.05, 0) is 25.7 Å². The SMILES string of the molecule is CC(=O)CC[C@H]1C[C@H]1C(=O)O. The van der Waals surface area contributed by atoms with Gasteiger partial charge in [-0.2, -0.15) is 0 Å². The molecular weight excluding hydrogens is 144 g/mol. The molecule has 2 atom stereocenters. The summed E-state index contributed by atoms with van der Waals surface area (Å²) in [6, 6.07) is 0. The number of carboxylic acid groups (broad SMARTS) is 1. The average Bonchev–Trinajstić information content (AvgIpc) is 2.61. The molecule has 0 amide bonds. The van der Waals surface area contributed by atoms with Crippen molar-refractivity contribution in [3.05, 3.63) is 0 Å². The lowest BCUT2D eigenvalue weighted by atomic mass is 10.1. The zero-order valence-electron chi connectivity index (χ0n) is 6.54. The molecule has 0 aromatic heterocycles. The van der Waals surface area contributed by atoms with Crippen LogP contribution in [0.2, 0.25) is 0 Å². The van der Waals surface area contributed by atoms with E-state index in [1.807, 2.05) is 0 Å². The van der Waals surface area contributed by atoms with Gasteiger partial charge in [0.2, 0.25) is 0 Å². The highest BCUT2D eigenvalue weighted by Crippen LogP contribution is 2.41. The fraction of sp³-hybridized carbons (Fsp3) is 0.750. The minimum Gasteiger partial charge on any atom is -0.481 e. The summed E-state index contributed by atoms with van der Waals surface area (Å²) >= 11 is 0. The summed E-state index contributed by atoms with van der Waals surface area (Å²) in [5, 5.41) is 8.50. The van der Waals surface area contributed by atoms with Crippen LogP contribution in [0.15, 0.2) is 0 Å². The smallest absolute Gasteiger partial charge is 0.306 e. The predicted molar refractivity (Wildman–Crippen MR) is 39.1 cm³/mol. The molecule has 3 heteroatoms. The molecule has 1 fully saturated rings. The molecule has 0 heterocycles. The van der Waals surface area contributed by atoms with Crippen LogP contribution in [0, 0.1) is 11.8 Å². The van der Waals surface area contributed by atoms with E-state index >= 15 is 0 Å². The molecule has 11 heavy (non-hydrogen) atoms. The van der Waals surface area contributed by atoms with Crippen LogP contribution in [0.1, 0.15) is 26.2 Å². The number of carboxylic acids is 1. The Kier molecular flexibility index (Phi) is 2.27. The molecule has 0 spiro atoms. The van der Waals surface area contributed by atoms with E-state index in [1.54, 1.807) is 0 Å². The van der Waals surface area contributed by atoms with Crippen molar-refractivity contribution in [2.24, 2.45) is 11.8 Å². The summed E-state index contributed by atoms with van der Waals surface area (Å²) in [4.78, 5) is 20.8. The molecule has 0 unspecified atom stereocenters. The molecule has 1 N–H and O–H groups in total. The van der Waals surface area contributed by atoms with Gasteiger partial charge in [-0.25, -0.2) is 0 Å². The Morgan fingerprint density at radius 3 is 2.55 bits per heavy atom. The van der Waals surface area contributed by atoms with Crippen LogP contribution in [0.5, 0.6) is 0 Å². The van der Waals surface area contributed by atoms with Crippen LogP contribution in [-0.2, 0) is 9.59 Å². The number of carbonyl (C=O) groups excluding carboxylic acids is 1. The molecule has 0 saturated heterocycles. The summed E-state index contributed by atoms with van der Waals surface area (Å²) in [5.41, 5.74) is 0. The number of carbonyl (C=O) groups is 2. The van der Waals surface area contributed by atoms with Crippen LogP contribution >= 0.6 is 0 Å². The van der Waals surface area contributed by atoms with E-state index in [4.69, 9.17) is 5.11 Å². The lowest BCUT2D eigenvalue weighted by Crippen LogP contribution is -2.00. The summed E-state index contributed by atoms with van der Waals surface area (Å²) in [7, 11) is 0. The van der Waals surface area contributed by atoms with Crippen molar-refractivity contribution in [2.75, 3.05) is 0 Å². The quantitative estimate of drug-likeness (QED) is 0.662. The molecule has 1 saturated carbocycles. The van der Waals surface area contributed by atoms with Crippen molar-refractivity contribution in [1.82, 2.24) is 0 Å². The largest absolute Gasteiger partial charge is 0.481 e. The van der Waals surface area contributed by atoms with Crippen molar-refractivity contribution in [3.8, 4) is 0 Å². The predicted octanol–water partition coefficient (Wildman–Crippen LogP) is 1.08. The Hall–Kier alpha value is -0.860. The highest BCUT2D eigenvalue weighted by Gasteiger charge is 2.42. The molecule has 1 rings (SSSR count). The third-order valence-electron chi connectivity index (χ3n) is 2.11.